The third-order valence-electron chi connectivity index (χ3n) is 1.76. The van der Waals surface area contributed by atoms with Crippen molar-refractivity contribution in [3.63, 3.8) is 0 Å². The highest BCUT2D eigenvalue weighted by Gasteiger charge is 1.92. The highest BCUT2D eigenvalue weighted by atomic mass is 16.5. The van der Waals surface area contributed by atoms with Crippen LogP contribution in [0.25, 0.3) is 0 Å². The standard InChI is InChI=1S/C12H14O2/c1-10(2)7-8-14-12-5-3-11(9-13)4-6-12/h3-7,9H,8H2,1-2H3. The molecule has 0 spiro atoms. The third kappa shape index (κ3) is 3.44. The van der Waals surface area contributed by atoms with Crippen LogP contribution in [0.3, 0.4) is 0 Å². The van der Waals surface area contributed by atoms with Gasteiger partial charge in [0.1, 0.15) is 18.6 Å². The Morgan fingerprint density at radius 2 is 1.93 bits per heavy atom. The van der Waals surface area contributed by atoms with E-state index in [4.69, 9.17) is 4.74 Å². The number of rotatable bonds is 4. The second-order valence-corrected chi connectivity index (χ2v) is 3.28. The molecule has 0 aliphatic carbocycles. The zero-order chi connectivity index (χ0) is 10.4. The van der Waals surface area contributed by atoms with Crippen molar-refractivity contribution in [2.24, 2.45) is 0 Å². The summed E-state index contributed by atoms with van der Waals surface area (Å²) >= 11 is 0. The summed E-state index contributed by atoms with van der Waals surface area (Å²) in [7, 11) is 0. The lowest BCUT2D eigenvalue weighted by Gasteiger charge is -2.02. The normalized spacial score (nSPS) is 9.29. The fourth-order valence-electron chi connectivity index (χ4n) is 0.947. The average Bonchev–Trinajstić information content (AvgIpc) is 2.18. The molecule has 1 aromatic carbocycles. The van der Waals surface area contributed by atoms with Crippen LogP contribution < -0.4 is 4.74 Å². The first-order valence-electron chi connectivity index (χ1n) is 4.54. The van der Waals surface area contributed by atoms with E-state index in [0.717, 1.165) is 12.0 Å². The van der Waals surface area contributed by atoms with Gasteiger partial charge in [-0.1, -0.05) is 5.57 Å². The SMILES string of the molecule is CC(C)=CCOc1ccc(C=O)cc1. The monoisotopic (exact) mass is 190 g/mol. The quantitative estimate of drug-likeness (QED) is 0.539. The molecule has 0 saturated heterocycles. The minimum atomic E-state index is 0.572. The number of carbonyl (C=O) groups excluding carboxylic acids is 1. The predicted octanol–water partition coefficient (Wildman–Crippen LogP) is 2.84. The summed E-state index contributed by atoms with van der Waals surface area (Å²) in [5.41, 5.74) is 1.90. The summed E-state index contributed by atoms with van der Waals surface area (Å²) in [6.45, 7) is 4.63. The first-order valence-corrected chi connectivity index (χ1v) is 4.54. The lowest BCUT2D eigenvalue weighted by Crippen LogP contribution is -1.94. The van der Waals surface area contributed by atoms with Gasteiger partial charge in [-0.05, 0) is 44.2 Å². The van der Waals surface area contributed by atoms with E-state index < -0.39 is 0 Å². The van der Waals surface area contributed by atoms with Crippen LogP contribution in [-0.2, 0) is 0 Å². The Kier molecular flexibility index (Phi) is 3.92. The van der Waals surface area contributed by atoms with Gasteiger partial charge in [-0.15, -0.1) is 0 Å². The zero-order valence-corrected chi connectivity index (χ0v) is 8.49. The van der Waals surface area contributed by atoms with Crippen LogP contribution in [0.4, 0.5) is 0 Å². The largest absolute Gasteiger partial charge is 0.490 e. The van der Waals surface area contributed by atoms with Crippen molar-refractivity contribution in [1.29, 1.82) is 0 Å². The maximum atomic E-state index is 10.4. The van der Waals surface area contributed by atoms with Crippen molar-refractivity contribution in [2.45, 2.75) is 13.8 Å². The van der Waals surface area contributed by atoms with Crippen LogP contribution in [0.15, 0.2) is 35.9 Å². The third-order valence-corrected chi connectivity index (χ3v) is 1.76. The van der Waals surface area contributed by atoms with Gasteiger partial charge in [0.2, 0.25) is 0 Å². The molecule has 2 heteroatoms. The maximum absolute atomic E-state index is 10.4. The lowest BCUT2D eigenvalue weighted by molar-refractivity contribution is 0.112. The van der Waals surface area contributed by atoms with Crippen molar-refractivity contribution in [1.82, 2.24) is 0 Å². The van der Waals surface area contributed by atoms with Crippen LogP contribution in [0.5, 0.6) is 5.75 Å². The van der Waals surface area contributed by atoms with E-state index in [-0.39, 0.29) is 0 Å². The Labute approximate surface area is 84.2 Å². The van der Waals surface area contributed by atoms with Crippen molar-refractivity contribution in [2.75, 3.05) is 6.61 Å². The van der Waals surface area contributed by atoms with Crippen LogP contribution in [0, 0.1) is 0 Å². The molecule has 0 radical (unpaired) electrons. The minimum Gasteiger partial charge on any atom is -0.490 e. The summed E-state index contributed by atoms with van der Waals surface area (Å²) in [5, 5.41) is 0. The maximum Gasteiger partial charge on any atom is 0.150 e. The summed E-state index contributed by atoms with van der Waals surface area (Å²) in [4.78, 5) is 10.4. The van der Waals surface area contributed by atoms with E-state index in [0.29, 0.717) is 12.2 Å². The van der Waals surface area contributed by atoms with E-state index in [1.54, 1.807) is 24.3 Å². The predicted molar refractivity (Wildman–Crippen MR) is 56.8 cm³/mol. The minimum absolute atomic E-state index is 0.572. The summed E-state index contributed by atoms with van der Waals surface area (Å²) in [6, 6.07) is 7.07. The van der Waals surface area contributed by atoms with Crippen molar-refractivity contribution in [3.8, 4) is 5.75 Å². The molecule has 0 N–H and O–H groups in total. The molecule has 0 atom stereocenters. The van der Waals surface area contributed by atoms with Gasteiger partial charge in [-0.2, -0.15) is 0 Å². The molecule has 0 heterocycles. The number of hydrogen-bond donors (Lipinski definition) is 0. The Morgan fingerprint density at radius 1 is 1.29 bits per heavy atom. The molecule has 0 aromatic heterocycles. The first-order chi connectivity index (χ1) is 6.72. The first kappa shape index (κ1) is 10.5. The van der Waals surface area contributed by atoms with Gasteiger partial charge in [0, 0.05) is 5.56 Å². The van der Waals surface area contributed by atoms with Gasteiger partial charge in [0.05, 0.1) is 0 Å². The number of aldehydes is 1. The average molecular weight is 190 g/mol. The molecule has 0 aliphatic heterocycles. The topological polar surface area (TPSA) is 26.3 Å². The zero-order valence-electron chi connectivity index (χ0n) is 8.49. The molecule has 0 aliphatic rings. The van der Waals surface area contributed by atoms with Gasteiger partial charge in [-0.3, -0.25) is 4.79 Å². The van der Waals surface area contributed by atoms with Crippen LogP contribution in [-0.4, -0.2) is 12.9 Å². The Bertz CT molecular complexity index is 319. The Balaban J connectivity index is 2.52. The van der Waals surface area contributed by atoms with Crippen LogP contribution >= 0.6 is 0 Å². The lowest BCUT2D eigenvalue weighted by atomic mass is 10.2. The van der Waals surface area contributed by atoms with Gasteiger partial charge in [-0.25, -0.2) is 0 Å². The molecular formula is C12H14O2. The Hall–Kier alpha value is -1.57. The van der Waals surface area contributed by atoms with Gasteiger partial charge < -0.3 is 4.74 Å². The second kappa shape index (κ2) is 5.22. The molecule has 0 amide bonds. The Morgan fingerprint density at radius 3 is 2.43 bits per heavy atom. The molecule has 0 unspecified atom stereocenters. The van der Waals surface area contributed by atoms with E-state index in [1.165, 1.54) is 5.57 Å². The van der Waals surface area contributed by atoms with E-state index in [9.17, 15) is 4.79 Å². The van der Waals surface area contributed by atoms with Crippen LogP contribution in [0.2, 0.25) is 0 Å². The molecule has 0 saturated carbocycles. The van der Waals surface area contributed by atoms with Gasteiger partial charge >= 0.3 is 0 Å². The van der Waals surface area contributed by atoms with Crippen molar-refractivity contribution < 1.29 is 9.53 Å². The molecule has 2 nitrogen and oxygen atoms in total. The number of carbonyl (C=O) groups is 1. The molecule has 0 bridgehead atoms. The van der Waals surface area contributed by atoms with E-state index in [2.05, 4.69) is 0 Å². The molecule has 74 valence electrons. The van der Waals surface area contributed by atoms with Crippen molar-refractivity contribution in [3.05, 3.63) is 41.5 Å². The summed E-state index contributed by atoms with van der Waals surface area (Å²) < 4.78 is 5.42. The van der Waals surface area contributed by atoms with Gasteiger partial charge in [0.15, 0.2) is 0 Å². The summed E-state index contributed by atoms with van der Waals surface area (Å²) in [6.07, 6.45) is 2.83. The number of ether oxygens (including phenoxy) is 1. The smallest absolute Gasteiger partial charge is 0.150 e. The highest BCUT2D eigenvalue weighted by molar-refractivity contribution is 5.74. The molecule has 0 fully saturated rings. The molecular weight excluding hydrogens is 176 g/mol. The molecule has 1 aromatic rings. The highest BCUT2D eigenvalue weighted by Crippen LogP contribution is 2.10. The number of benzene rings is 1. The van der Waals surface area contributed by atoms with E-state index >= 15 is 0 Å². The fourth-order valence-corrected chi connectivity index (χ4v) is 0.947. The van der Waals surface area contributed by atoms with Crippen molar-refractivity contribution >= 4 is 6.29 Å². The van der Waals surface area contributed by atoms with Gasteiger partial charge in [0.25, 0.3) is 0 Å². The second-order valence-electron chi connectivity index (χ2n) is 3.28. The van der Waals surface area contributed by atoms with E-state index in [1.807, 2.05) is 19.9 Å². The van der Waals surface area contributed by atoms with Crippen LogP contribution in [0.1, 0.15) is 24.2 Å². The molecule has 1 rings (SSSR count). The fraction of sp³-hybridized carbons (Fsp3) is 0.250. The summed E-state index contributed by atoms with van der Waals surface area (Å²) in [5.74, 6) is 0.785. The molecule has 14 heavy (non-hydrogen) atoms. The number of allylic oxidation sites excluding steroid dienone is 1. The number of hydrogen-bond acceptors (Lipinski definition) is 2.